The number of nitrogens with zero attached hydrogens (tertiary/aromatic N) is 3. The molecule has 0 amide bonds. The van der Waals surface area contributed by atoms with E-state index in [0.717, 1.165) is 37.0 Å². The van der Waals surface area contributed by atoms with Gasteiger partial charge in [-0.1, -0.05) is 25.8 Å². The van der Waals surface area contributed by atoms with E-state index >= 15 is 8.78 Å². The molecule has 4 rings (SSSR count). The average Bonchev–Trinajstić information content (AvgIpc) is 2.81. The summed E-state index contributed by atoms with van der Waals surface area (Å²) in [6.45, 7) is 3.84. The normalized spacial score (nSPS) is 15.2. The molecule has 3 aromatic carbocycles. The van der Waals surface area contributed by atoms with Crippen LogP contribution in [-0.2, 0) is 12.8 Å². The topological polar surface area (TPSA) is 37.1 Å². The molecule has 0 aliphatic heterocycles. The van der Waals surface area contributed by atoms with Crippen LogP contribution in [0.4, 0.5) is 34.6 Å². The Morgan fingerprint density at radius 1 is 1.00 bits per heavy atom. The molecule has 180 valence electrons. The lowest BCUT2D eigenvalue weighted by molar-refractivity contribution is 0.412. The number of hydrogen-bond donors (Lipinski definition) is 0. The van der Waals surface area contributed by atoms with Crippen molar-refractivity contribution >= 4 is 34.4 Å². The molecule has 1 unspecified atom stereocenters. The van der Waals surface area contributed by atoms with Gasteiger partial charge >= 0.3 is 0 Å². The molecule has 35 heavy (non-hydrogen) atoms. The molecule has 0 aromatic heterocycles. The second kappa shape index (κ2) is 10.6. The third-order valence-corrected chi connectivity index (χ3v) is 6.43. The van der Waals surface area contributed by atoms with E-state index in [0.29, 0.717) is 41.1 Å². The molecule has 0 bridgehead atoms. The van der Waals surface area contributed by atoms with Crippen molar-refractivity contribution in [2.45, 2.75) is 46.0 Å². The zero-order chi connectivity index (χ0) is 25.1. The van der Waals surface area contributed by atoms with Crippen LogP contribution in [0.5, 0.6) is 0 Å². The lowest BCUT2D eigenvalue weighted by Crippen LogP contribution is -2.16. The number of hydrogen-bond acceptors (Lipinski definition) is 4. The van der Waals surface area contributed by atoms with Crippen molar-refractivity contribution in [2.24, 2.45) is 21.1 Å². The fourth-order valence-corrected chi connectivity index (χ4v) is 4.73. The Hall–Kier alpha value is -3.22. The highest BCUT2D eigenvalue weighted by Crippen LogP contribution is 2.38. The molecule has 1 aliphatic carbocycles. The van der Waals surface area contributed by atoms with Crippen LogP contribution in [0.1, 0.15) is 42.9 Å². The molecule has 0 spiro atoms. The molecule has 0 heterocycles. The third kappa shape index (κ3) is 5.24. The van der Waals surface area contributed by atoms with E-state index in [2.05, 4.69) is 34.4 Å². The number of aryl methyl sites for hydroxylation is 1. The Bertz CT molecular complexity index is 1340. The maximum absolute atomic E-state index is 15.4. The molecule has 3 nitrogen and oxygen atoms in total. The van der Waals surface area contributed by atoms with Crippen LogP contribution in [-0.4, -0.2) is 5.16 Å². The highest BCUT2D eigenvalue weighted by molar-refractivity contribution is 7.78. The average molecular weight is 498 g/mol. The summed E-state index contributed by atoms with van der Waals surface area (Å²) < 4.78 is 58.4. The summed E-state index contributed by atoms with van der Waals surface area (Å²) in [6.07, 6.45) is 4.33. The molecule has 1 atom stereocenters. The molecule has 0 N–H and O–H groups in total. The van der Waals surface area contributed by atoms with Crippen molar-refractivity contribution in [1.29, 1.82) is 0 Å². The summed E-state index contributed by atoms with van der Waals surface area (Å²) in [5, 5.41) is 9.85. The van der Waals surface area contributed by atoms with Crippen LogP contribution in [0.2, 0.25) is 0 Å². The number of benzene rings is 3. The van der Waals surface area contributed by atoms with E-state index < -0.39 is 29.0 Å². The van der Waals surface area contributed by atoms with E-state index in [1.54, 1.807) is 25.1 Å². The second-order valence-corrected chi connectivity index (χ2v) is 8.93. The molecule has 0 saturated carbocycles. The predicted molar refractivity (Wildman–Crippen MR) is 132 cm³/mol. The van der Waals surface area contributed by atoms with Gasteiger partial charge in [-0.05, 0) is 84.8 Å². The number of aliphatic imine (C=N–C) groups is 1. The van der Waals surface area contributed by atoms with Gasteiger partial charge in [-0.25, -0.2) is 17.6 Å². The number of thiocarbonyl (C=S) groups is 1. The van der Waals surface area contributed by atoms with Crippen LogP contribution in [0.3, 0.4) is 0 Å². The van der Waals surface area contributed by atoms with Crippen LogP contribution >= 0.6 is 12.2 Å². The van der Waals surface area contributed by atoms with Gasteiger partial charge in [0.15, 0.2) is 11.6 Å². The van der Waals surface area contributed by atoms with Crippen molar-refractivity contribution in [3.8, 4) is 11.1 Å². The van der Waals surface area contributed by atoms with Crippen LogP contribution in [0, 0.1) is 36.1 Å². The third-order valence-electron chi connectivity index (χ3n) is 6.34. The van der Waals surface area contributed by atoms with Crippen molar-refractivity contribution in [2.75, 3.05) is 0 Å². The van der Waals surface area contributed by atoms with Crippen molar-refractivity contribution in [1.82, 2.24) is 0 Å². The van der Waals surface area contributed by atoms with E-state index in [1.807, 2.05) is 5.16 Å². The molecule has 0 radical (unpaired) electrons. The van der Waals surface area contributed by atoms with E-state index in [4.69, 9.17) is 0 Å². The second-order valence-electron chi connectivity index (χ2n) is 8.74. The largest absolute Gasteiger partial charge is 0.206 e. The van der Waals surface area contributed by atoms with Gasteiger partial charge in [-0.3, -0.25) is 0 Å². The van der Waals surface area contributed by atoms with Crippen molar-refractivity contribution < 1.29 is 17.6 Å². The minimum atomic E-state index is -0.942. The molecule has 3 aromatic rings. The Kier molecular flexibility index (Phi) is 7.53. The first kappa shape index (κ1) is 24.9. The van der Waals surface area contributed by atoms with Crippen molar-refractivity contribution in [3.05, 3.63) is 76.4 Å². The van der Waals surface area contributed by atoms with Gasteiger partial charge in [0, 0.05) is 12.1 Å². The molecule has 0 saturated heterocycles. The number of fused-ring (bicyclic) bond motifs is 1. The van der Waals surface area contributed by atoms with E-state index in [1.165, 1.54) is 6.07 Å². The fourth-order valence-electron chi connectivity index (χ4n) is 4.64. The maximum atomic E-state index is 15.4. The number of azo groups is 1. The smallest absolute Gasteiger partial charge is 0.154 e. The van der Waals surface area contributed by atoms with Crippen LogP contribution in [0.15, 0.2) is 51.6 Å². The van der Waals surface area contributed by atoms with Gasteiger partial charge in [0.1, 0.15) is 17.3 Å². The Balaban J connectivity index is 1.62. The summed E-state index contributed by atoms with van der Waals surface area (Å²) in [6, 6.07) is 8.19. The summed E-state index contributed by atoms with van der Waals surface area (Å²) in [4.78, 5) is 3.35. The van der Waals surface area contributed by atoms with Gasteiger partial charge in [0.25, 0.3) is 0 Å². The highest BCUT2D eigenvalue weighted by atomic mass is 32.1. The lowest BCUT2D eigenvalue weighted by atomic mass is 9.80. The summed E-state index contributed by atoms with van der Waals surface area (Å²) in [5.41, 5.74) is 2.11. The molecular weight excluding hydrogens is 474 g/mol. The fraction of sp³-hybridized carbons (Fsp3) is 0.296. The summed E-state index contributed by atoms with van der Waals surface area (Å²) >= 11 is 4.38. The zero-order valence-electron chi connectivity index (χ0n) is 19.3. The predicted octanol–water partition coefficient (Wildman–Crippen LogP) is 9.27. The molecular formula is C27H23F4N3S. The maximum Gasteiger partial charge on any atom is 0.154 e. The highest BCUT2D eigenvalue weighted by Gasteiger charge is 2.25. The van der Waals surface area contributed by atoms with Crippen LogP contribution in [0.25, 0.3) is 11.1 Å². The van der Waals surface area contributed by atoms with Crippen molar-refractivity contribution in [3.63, 3.8) is 0 Å². The summed E-state index contributed by atoms with van der Waals surface area (Å²) in [7, 11) is 0. The lowest BCUT2D eigenvalue weighted by Gasteiger charge is -2.26. The van der Waals surface area contributed by atoms with Gasteiger partial charge in [0.05, 0.1) is 22.1 Å². The molecule has 0 fully saturated rings. The van der Waals surface area contributed by atoms with Gasteiger partial charge in [-0.15, -0.1) is 0 Å². The Morgan fingerprint density at radius 3 is 2.40 bits per heavy atom. The summed E-state index contributed by atoms with van der Waals surface area (Å²) in [5.74, 6) is -2.51. The van der Waals surface area contributed by atoms with Gasteiger partial charge < -0.3 is 0 Å². The molecule has 8 heteroatoms. The first-order valence-corrected chi connectivity index (χ1v) is 11.8. The Labute approximate surface area is 206 Å². The van der Waals surface area contributed by atoms with Crippen LogP contribution < -0.4 is 0 Å². The first-order chi connectivity index (χ1) is 16.8. The monoisotopic (exact) mass is 497 g/mol. The standard InChI is InChI=1S/C27H23F4N3S/c1-3-4-16-5-7-20-18(10-16)11-21(28)25(26(20)31)17-6-8-24(15(2)9-17)34-33-19-12-22(29)27(32-14-35)23(30)13-19/h6,8-9,11-13,16H,3-5,7,10H2,1-2H3. The number of rotatable bonds is 6. The molecule has 1 aliphatic rings. The zero-order valence-corrected chi connectivity index (χ0v) is 20.2. The quantitative estimate of drug-likeness (QED) is 0.145. The first-order valence-electron chi connectivity index (χ1n) is 11.4. The SMILES string of the molecule is CCCC1CCc2c(cc(F)c(-c3ccc(N=Nc4cc(F)c(N=C=S)c(F)c4)c(C)c3)c2F)C1. The van der Waals surface area contributed by atoms with Gasteiger partial charge in [0.2, 0.25) is 0 Å². The van der Waals surface area contributed by atoms with E-state index in [-0.39, 0.29) is 11.3 Å². The van der Waals surface area contributed by atoms with Gasteiger partial charge in [-0.2, -0.15) is 15.2 Å². The van der Waals surface area contributed by atoms with E-state index in [9.17, 15) is 8.78 Å². The Morgan fingerprint density at radius 2 is 1.74 bits per heavy atom. The minimum absolute atomic E-state index is 0.0527. The number of isothiocyanates is 1. The minimum Gasteiger partial charge on any atom is -0.206 e. The number of halogens is 4.